The number of para-hydroxylation sites is 2. The fourth-order valence-corrected chi connectivity index (χ4v) is 5.23. The Kier molecular flexibility index (Phi) is 6.95. The van der Waals surface area contributed by atoms with Crippen LogP contribution in [0.2, 0.25) is 0 Å². The molecule has 0 spiro atoms. The number of hydrogen-bond donors (Lipinski definition) is 0. The van der Waals surface area contributed by atoms with Crippen molar-refractivity contribution in [3.05, 3.63) is 78.2 Å². The summed E-state index contributed by atoms with van der Waals surface area (Å²) in [6.45, 7) is 2.59. The molecule has 2 aliphatic heterocycles. The van der Waals surface area contributed by atoms with Crippen LogP contribution in [-0.4, -0.2) is 54.2 Å². The van der Waals surface area contributed by atoms with E-state index in [-0.39, 0.29) is 11.8 Å². The van der Waals surface area contributed by atoms with Crippen LogP contribution in [-0.2, 0) is 14.9 Å². The van der Waals surface area contributed by atoms with Crippen LogP contribution >= 0.6 is 0 Å². The van der Waals surface area contributed by atoms with Gasteiger partial charge < -0.3 is 19.1 Å². The third-order valence-electron chi connectivity index (χ3n) is 7.12. The van der Waals surface area contributed by atoms with Crippen LogP contribution in [0.4, 0.5) is 0 Å². The lowest BCUT2D eigenvalue weighted by atomic mass is 9.72. The van der Waals surface area contributed by atoms with Gasteiger partial charge in [-0.2, -0.15) is 0 Å². The topological polar surface area (TPSA) is 73.8 Å². The predicted molar refractivity (Wildman–Crippen MR) is 132 cm³/mol. The summed E-state index contributed by atoms with van der Waals surface area (Å²) >= 11 is 0. The number of likely N-dealkylation sites (tertiary alicyclic amines) is 1. The van der Waals surface area contributed by atoms with Crippen LogP contribution in [0.5, 0.6) is 17.4 Å². The maximum absolute atomic E-state index is 14.0. The van der Waals surface area contributed by atoms with Gasteiger partial charge in [-0.3, -0.25) is 9.78 Å². The van der Waals surface area contributed by atoms with Crippen LogP contribution in [0, 0.1) is 0 Å². The van der Waals surface area contributed by atoms with Gasteiger partial charge >= 0.3 is 0 Å². The fourth-order valence-electron chi connectivity index (χ4n) is 5.23. The Labute approximate surface area is 206 Å². The normalized spacial score (nSPS) is 19.7. The molecule has 1 amide bonds. The van der Waals surface area contributed by atoms with Gasteiger partial charge in [0.2, 0.25) is 11.8 Å². The maximum Gasteiger partial charge on any atom is 0.238 e. The van der Waals surface area contributed by atoms with Gasteiger partial charge in [-0.15, -0.1) is 0 Å². The first kappa shape index (κ1) is 23.3. The molecule has 0 N–H and O–H groups in total. The largest absolute Gasteiger partial charge is 0.493 e. The molecule has 1 aromatic heterocycles. The Morgan fingerprint density at radius 3 is 2.54 bits per heavy atom. The van der Waals surface area contributed by atoms with Gasteiger partial charge in [0.05, 0.1) is 24.4 Å². The van der Waals surface area contributed by atoms with E-state index >= 15 is 0 Å². The molecule has 2 fully saturated rings. The summed E-state index contributed by atoms with van der Waals surface area (Å²) in [6, 6.07) is 17.6. The molecule has 0 unspecified atom stereocenters. The van der Waals surface area contributed by atoms with Crippen molar-refractivity contribution in [2.24, 2.45) is 0 Å². The number of methoxy groups -OCH3 is 1. The smallest absolute Gasteiger partial charge is 0.238 e. The Morgan fingerprint density at radius 2 is 1.77 bits per heavy atom. The van der Waals surface area contributed by atoms with Crippen molar-refractivity contribution in [2.45, 2.75) is 37.0 Å². The number of carbonyl (C=O) groups excluding carboxylic acids is 1. The molecule has 2 saturated heterocycles. The summed E-state index contributed by atoms with van der Waals surface area (Å²) in [5.41, 5.74) is 1.40. The maximum atomic E-state index is 14.0. The van der Waals surface area contributed by atoms with E-state index in [2.05, 4.69) is 17.1 Å². The van der Waals surface area contributed by atoms with Gasteiger partial charge in [0, 0.05) is 38.4 Å². The van der Waals surface area contributed by atoms with E-state index < -0.39 is 5.41 Å². The van der Waals surface area contributed by atoms with Gasteiger partial charge in [-0.05, 0) is 43.4 Å². The quantitative estimate of drug-likeness (QED) is 0.515. The van der Waals surface area contributed by atoms with Gasteiger partial charge in [0.15, 0.2) is 11.5 Å². The SMILES string of the molecule is COc1ccccc1Oc1cncc([C@H]2CCCN(C(=O)C3(c4ccccc4)CCOCC3)C2)n1. The van der Waals surface area contributed by atoms with Gasteiger partial charge in [-0.1, -0.05) is 42.5 Å². The number of piperidine rings is 1. The van der Waals surface area contributed by atoms with Crippen molar-refractivity contribution in [3.8, 4) is 17.4 Å². The number of benzene rings is 2. The van der Waals surface area contributed by atoms with Gasteiger partial charge in [0.1, 0.15) is 0 Å². The zero-order chi connectivity index (χ0) is 24.1. The highest BCUT2D eigenvalue weighted by Gasteiger charge is 2.45. The molecule has 35 heavy (non-hydrogen) atoms. The van der Waals surface area contributed by atoms with E-state index in [1.54, 1.807) is 19.5 Å². The summed E-state index contributed by atoms with van der Waals surface area (Å²) < 4.78 is 17.0. The Balaban J connectivity index is 1.35. The minimum absolute atomic E-state index is 0.106. The first-order valence-electron chi connectivity index (χ1n) is 12.2. The van der Waals surface area contributed by atoms with Crippen molar-refractivity contribution in [2.75, 3.05) is 33.4 Å². The lowest BCUT2D eigenvalue weighted by molar-refractivity contribution is -0.142. The molecule has 5 rings (SSSR count). The van der Waals surface area contributed by atoms with Gasteiger partial charge in [0.25, 0.3) is 0 Å². The van der Waals surface area contributed by atoms with Crippen LogP contribution in [0.3, 0.4) is 0 Å². The van der Waals surface area contributed by atoms with E-state index in [9.17, 15) is 4.79 Å². The van der Waals surface area contributed by atoms with E-state index in [0.29, 0.717) is 50.0 Å². The molecule has 7 nitrogen and oxygen atoms in total. The van der Waals surface area contributed by atoms with Crippen molar-refractivity contribution in [1.29, 1.82) is 0 Å². The summed E-state index contributed by atoms with van der Waals surface area (Å²) in [4.78, 5) is 25.2. The first-order valence-corrected chi connectivity index (χ1v) is 12.2. The highest BCUT2D eigenvalue weighted by Crippen LogP contribution is 2.39. The molecule has 3 aromatic rings. The molecule has 7 heteroatoms. The van der Waals surface area contributed by atoms with Crippen molar-refractivity contribution in [1.82, 2.24) is 14.9 Å². The van der Waals surface area contributed by atoms with Crippen LogP contribution in [0.25, 0.3) is 0 Å². The average molecular weight is 474 g/mol. The summed E-state index contributed by atoms with van der Waals surface area (Å²) in [6.07, 6.45) is 6.69. The summed E-state index contributed by atoms with van der Waals surface area (Å²) in [7, 11) is 1.61. The second kappa shape index (κ2) is 10.4. The molecule has 0 saturated carbocycles. The van der Waals surface area contributed by atoms with Crippen molar-refractivity contribution in [3.63, 3.8) is 0 Å². The highest BCUT2D eigenvalue weighted by molar-refractivity contribution is 5.88. The van der Waals surface area contributed by atoms with Crippen LogP contribution in [0.15, 0.2) is 67.0 Å². The van der Waals surface area contributed by atoms with Crippen LogP contribution < -0.4 is 9.47 Å². The third-order valence-corrected chi connectivity index (χ3v) is 7.12. The standard InChI is InChI=1S/C28H31N3O4/c1-33-24-11-5-6-12-25(24)35-26-19-29-18-23(30-26)21-8-7-15-31(20-21)27(32)28(13-16-34-17-14-28)22-9-3-2-4-10-22/h2-6,9-12,18-19,21H,7-8,13-17,20H2,1H3/t21-/m0/s1. The zero-order valence-corrected chi connectivity index (χ0v) is 20.1. The highest BCUT2D eigenvalue weighted by atomic mass is 16.5. The minimum Gasteiger partial charge on any atom is -0.493 e. The van der Waals surface area contributed by atoms with Crippen molar-refractivity contribution < 1.29 is 19.0 Å². The number of hydrogen-bond acceptors (Lipinski definition) is 6. The molecule has 182 valence electrons. The number of ether oxygens (including phenoxy) is 3. The monoisotopic (exact) mass is 473 g/mol. The number of nitrogens with zero attached hydrogens (tertiary/aromatic N) is 3. The predicted octanol–water partition coefficient (Wildman–Crippen LogP) is 4.73. The fraction of sp³-hybridized carbons (Fsp3) is 0.393. The minimum atomic E-state index is -0.526. The lowest BCUT2D eigenvalue weighted by Gasteiger charge is -2.42. The molecule has 0 radical (unpaired) electrons. The number of amides is 1. The van der Waals surface area contributed by atoms with E-state index in [1.807, 2.05) is 47.4 Å². The van der Waals surface area contributed by atoms with E-state index in [1.165, 1.54) is 0 Å². The molecule has 2 aliphatic rings. The number of aromatic nitrogens is 2. The molecule has 1 atom stereocenters. The van der Waals surface area contributed by atoms with E-state index in [4.69, 9.17) is 19.2 Å². The average Bonchev–Trinajstić information content (AvgIpc) is 2.94. The molecular weight excluding hydrogens is 442 g/mol. The Bertz CT molecular complexity index is 1150. The molecule has 2 aromatic carbocycles. The Morgan fingerprint density at radius 1 is 1.03 bits per heavy atom. The first-order chi connectivity index (χ1) is 17.2. The molecule has 0 bridgehead atoms. The molecular formula is C28H31N3O4. The lowest BCUT2D eigenvalue weighted by Crippen LogP contribution is -2.52. The second-order valence-electron chi connectivity index (χ2n) is 9.19. The molecule has 3 heterocycles. The third kappa shape index (κ3) is 4.86. The van der Waals surface area contributed by atoms with E-state index in [0.717, 1.165) is 30.6 Å². The van der Waals surface area contributed by atoms with Crippen molar-refractivity contribution >= 4 is 5.91 Å². The van der Waals surface area contributed by atoms with Gasteiger partial charge in [-0.25, -0.2) is 4.98 Å². The van der Waals surface area contributed by atoms with Crippen LogP contribution in [0.1, 0.15) is 42.9 Å². The Hall–Kier alpha value is -3.45. The number of carbonyl (C=O) groups is 1. The summed E-state index contributed by atoms with van der Waals surface area (Å²) in [5, 5.41) is 0. The molecule has 0 aliphatic carbocycles. The zero-order valence-electron chi connectivity index (χ0n) is 20.1. The second-order valence-corrected chi connectivity index (χ2v) is 9.19. The number of rotatable bonds is 6. The summed E-state index contributed by atoms with van der Waals surface area (Å²) in [5.74, 6) is 1.95.